The summed E-state index contributed by atoms with van der Waals surface area (Å²) in [5, 5.41) is 0. The topological polar surface area (TPSA) is 51.2 Å². The lowest BCUT2D eigenvalue weighted by atomic mass is 9.87. The van der Waals surface area contributed by atoms with E-state index in [4.69, 9.17) is 0 Å². The van der Waals surface area contributed by atoms with Gasteiger partial charge in [-0.05, 0) is 12.8 Å². The van der Waals surface area contributed by atoms with Crippen LogP contribution >= 0.6 is 0 Å². The highest BCUT2D eigenvalue weighted by Gasteiger charge is 2.27. The zero-order valence-electron chi connectivity index (χ0n) is 7.84. The SMILES string of the molecule is CCC1C(=O)CCCC(=O)CC1=O. The summed E-state index contributed by atoms with van der Waals surface area (Å²) < 4.78 is 0. The van der Waals surface area contributed by atoms with Crippen LogP contribution in [0.3, 0.4) is 0 Å². The van der Waals surface area contributed by atoms with Crippen LogP contribution in [0.1, 0.15) is 39.0 Å². The standard InChI is InChI=1S/C10H14O3/c1-2-8-9(12)5-3-4-7(11)6-10(8)13/h8H,2-6H2,1H3. The van der Waals surface area contributed by atoms with Crippen LogP contribution in [-0.4, -0.2) is 17.3 Å². The van der Waals surface area contributed by atoms with Gasteiger partial charge >= 0.3 is 0 Å². The quantitative estimate of drug-likeness (QED) is 0.574. The summed E-state index contributed by atoms with van der Waals surface area (Å²) in [6.07, 6.45) is 1.88. The van der Waals surface area contributed by atoms with Crippen molar-refractivity contribution in [3.05, 3.63) is 0 Å². The Morgan fingerprint density at radius 3 is 2.46 bits per heavy atom. The summed E-state index contributed by atoms with van der Waals surface area (Å²) in [5.74, 6) is -0.697. The number of carbonyl (C=O) groups is 3. The molecule has 3 nitrogen and oxygen atoms in total. The Labute approximate surface area is 77.5 Å². The molecule has 0 aromatic carbocycles. The fourth-order valence-corrected chi connectivity index (χ4v) is 1.67. The number of rotatable bonds is 1. The van der Waals surface area contributed by atoms with Crippen LogP contribution in [0.4, 0.5) is 0 Å². The van der Waals surface area contributed by atoms with Crippen molar-refractivity contribution in [2.45, 2.75) is 39.0 Å². The van der Waals surface area contributed by atoms with Crippen molar-refractivity contribution in [3.63, 3.8) is 0 Å². The first kappa shape index (κ1) is 10.1. The predicted octanol–water partition coefficient (Wildman–Crippen LogP) is 1.29. The average molecular weight is 182 g/mol. The lowest BCUT2D eigenvalue weighted by Crippen LogP contribution is -2.27. The molecule has 0 radical (unpaired) electrons. The molecule has 1 saturated carbocycles. The second kappa shape index (κ2) is 4.30. The van der Waals surface area contributed by atoms with E-state index in [1.807, 2.05) is 6.92 Å². The van der Waals surface area contributed by atoms with Crippen LogP contribution in [0.2, 0.25) is 0 Å². The molecular formula is C10H14O3. The summed E-state index contributed by atoms with van der Waals surface area (Å²) in [6.45, 7) is 1.81. The molecule has 0 amide bonds. The molecule has 72 valence electrons. The van der Waals surface area contributed by atoms with Gasteiger partial charge in [-0.3, -0.25) is 14.4 Å². The number of ketones is 3. The van der Waals surface area contributed by atoms with E-state index < -0.39 is 5.92 Å². The first-order valence-electron chi connectivity index (χ1n) is 4.72. The van der Waals surface area contributed by atoms with Crippen molar-refractivity contribution < 1.29 is 14.4 Å². The summed E-state index contributed by atoms with van der Waals surface area (Å²) >= 11 is 0. The monoisotopic (exact) mass is 182 g/mol. The van der Waals surface area contributed by atoms with Crippen molar-refractivity contribution in [1.29, 1.82) is 0 Å². The van der Waals surface area contributed by atoms with Crippen LogP contribution in [0.25, 0.3) is 0 Å². The fourth-order valence-electron chi connectivity index (χ4n) is 1.67. The zero-order chi connectivity index (χ0) is 9.84. The van der Waals surface area contributed by atoms with Gasteiger partial charge in [-0.15, -0.1) is 0 Å². The Bertz CT molecular complexity index is 243. The molecule has 1 fully saturated rings. The van der Waals surface area contributed by atoms with Gasteiger partial charge in [0, 0.05) is 12.8 Å². The van der Waals surface area contributed by atoms with Gasteiger partial charge in [0.1, 0.15) is 11.6 Å². The van der Waals surface area contributed by atoms with Gasteiger partial charge in [-0.25, -0.2) is 0 Å². The highest BCUT2D eigenvalue weighted by Crippen LogP contribution is 2.17. The first-order valence-corrected chi connectivity index (χ1v) is 4.72. The molecular weight excluding hydrogens is 168 g/mol. The Balaban J connectivity index is 2.72. The summed E-state index contributed by atoms with van der Waals surface area (Å²) in [7, 11) is 0. The van der Waals surface area contributed by atoms with E-state index in [0.717, 1.165) is 0 Å². The molecule has 0 bridgehead atoms. The normalized spacial score (nSPS) is 25.6. The van der Waals surface area contributed by atoms with E-state index in [2.05, 4.69) is 0 Å². The van der Waals surface area contributed by atoms with Crippen LogP contribution in [0.15, 0.2) is 0 Å². The van der Waals surface area contributed by atoms with Crippen LogP contribution in [-0.2, 0) is 14.4 Å². The number of Topliss-reactive ketones (excluding diaryl/α,β-unsaturated/α-hetero) is 3. The molecule has 1 aliphatic rings. The van der Waals surface area contributed by atoms with E-state index in [0.29, 0.717) is 25.7 Å². The maximum absolute atomic E-state index is 11.4. The lowest BCUT2D eigenvalue weighted by molar-refractivity contribution is -0.136. The molecule has 1 rings (SSSR count). The number of hydrogen-bond acceptors (Lipinski definition) is 3. The Morgan fingerprint density at radius 1 is 1.15 bits per heavy atom. The van der Waals surface area contributed by atoms with Crippen molar-refractivity contribution in [1.82, 2.24) is 0 Å². The van der Waals surface area contributed by atoms with E-state index in [-0.39, 0.29) is 23.8 Å². The molecule has 0 spiro atoms. The fraction of sp³-hybridized carbons (Fsp3) is 0.700. The largest absolute Gasteiger partial charge is 0.299 e. The molecule has 0 aliphatic heterocycles. The molecule has 0 N–H and O–H groups in total. The Kier molecular flexibility index (Phi) is 3.34. The van der Waals surface area contributed by atoms with Crippen molar-refractivity contribution in [2.24, 2.45) is 5.92 Å². The number of hydrogen-bond donors (Lipinski definition) is 0. The smallest absolute Gasteiger partial charge is 0.150 e. The molecule has 0 saturated heterocycles. The van der Waals surface area contributed by atoms with Crippen molar-refractivity contribution >= 4 is 17.3 Å². The lowest BCUT2D eigenvalue weighted by Gasteiger charge is -2.14. The molecule has 0 heterocycles. The van der Waals surface area contributed by atoms with E-state index in [1.165, 1.54) is 0 Å². The third-order valence-corrected chi connectivity index (χ3v) is 2.44. The average Bonchev–Trinajstić information content (AvgIpc) is 2.03. The van der Waals surface area contributed by atoms with E-state index in [1.54, 1.807) is 0 Å². The van der Waals surface area contributed by atoms with Gasteiger partial charge in [0.15, 0.2) is 5.78 Å². The first-order chi connectivity index (χ1) is 6.15. The van der Waals surface area contributed by atoms with Gasteiger partial charge in [0.25, 0.3) is 0 Å². The second-order valence-electron chi connectivity index (χ2n) is 3.46. The third-order valence-electron chi connectivity index (χ3n) is 2.44. The minimum Gasteiger partial charge on any atom is -0.299 e. The van der Waals surface area contributed by atoms with Crippen LogP contribution < -0.4 is 0 Å². The van der Waals surface area contributed by atoms with Gasteiger partial charge in [0.05, 0.1) is 12.3 Å². The second-order valence-corrected chi connectivity index (χ2v) is 3.46. The maximum Gasteiger partial charge on any atom is 0.150 e. The van der Waals surface area contributed by atoms with E-state index in [9.17, 15) is 14.4 Å². The Hall–Kier alpha value is -0.990. The predicted molar refractivity (Wildman–Crippen MR) is 47.3 cm³/mol. The van der Waals surface area contributed by atoms with Gasteiger partial charge < -0.3 is 0 Å². The molecule has 13 heavy (non-hydrogen) atoms. The minimum absolute atomic E-state index is 0.0139. The maximum atomic E-state index is 11.4. The molecule has 3 heteroatoms. The number of carbonyl (C=O) groups excluding carboxylic acids is 3. The highest BCUT2D eigenvalue weighted by atomic mass is 16.2. The summed E-state index contributed by atoms with van der Waals surface area (Å²) in [5.41, 5.74) is 0. The van der Waals surface area contributed by atoms with Gasteiger partial charge in [0.2, 0.25) is 0 Å². The molecule has 0 aromatic heterocycles. The van der Waals surface area contributed by atoms with E-state index >= 15 is 0 Å². The van der Waals surface area contributed by atoms with Gasteiger partial charge in [-0.2, -0.15) is 0 Å². The Morgan fingerprint density at radius 2 is 1.85 bits per heavy atom. The van der Waals surface area contributed by atoms with Crippen LogP contribution in [0, 0.1) is 5.92 Å². The summed E-state index contributed by atoms with van der Waals surface area (Å²) in [4.78, 5) is 33.8. The molecule has 1 unspecified atom stereocenters. The summed E-state index contributed by atoms with van der Waals surface area (Å²) in [6, 6.07) is 0. The molecule has 1 aliphatic carbocycles. The highest BCUT2D eigenvalue weighted by molar-refractivity contribution is 6.10. The zero-order valence-corrected chi connectivity index (χ0v) is 7.84. The minimum atomic E-state index is -0.510. The van der Waals surface area contributed by atoms with Crippen molar-refractivity contribution in [3.8, 4) is 0 Å². The van der Waals surface area contributed by atoms with Crippen molar-refractivity contribution in [2.75, 3.05) is 0 Å². The third kappa shape index (κ3) is 2.47. The van der Waals surface area contributed by atoms with Gasteiger partial charge in [-0.1, -0.05) is 6.92 Å². The van der Waals surface area contributed by atoms with Crippen LogP contribution in [0.5, 0.6) is 0 Å². The molecule has 1 atom stereocenters. The molecule has 0 aromatic rings.